The molecular formula is C19H21N3O2. The third-order valence-corrected chi connectivity index (χ3v) is 4.87. The van der Waals surface area contributed by atoms with Crippen molar-refractivity contribution in [2.24, 2.45) is 5.92 Å². The van der Waals surface area contributed by atoms with Gasteiger partial charge in [-0.1, -0.05) is 30.3 Å². The van der Waals surface area contributed by atoms with Crippen LogP contribution < -0.4 is 20.5 Å². The molecule has 2 aliphatic rings. The van der Waals surface area contributed by atoms with Crippen molar-refractivity contribution in [3.63, 3.8) is 0 Å². The summed E-state index contributed by atoms with van der Waals surface area (Å²) >= 11 is 0. The quantitative estimate of drug-likeness (QED) is 0.912. The number of fused-ring (bicyclic) bond motifs is 1. The van der Waals surface area contributed by atoms with Gasteiger partial charge < -0.3 is 4.74 Å². The van der Waals surface area contributed by atoms with E-state index >= 15 is 0 Å². The largest absolute Gasteiger partial charge is 0.497 e. The van der Waals surface area contributed by atoms with Crippen molar-refractivity contribution in [1.29, 1.82) is 0 Å². The first-order valence-corrected chi connectivity index (χ1v) is 8.31. The van der Waals surface area contributed by atoms with Gasteiger partial charge in [0.1, 0.15) is 5.75 Å². The number of nitrogens with zero attached hydrogens (tertiary/aromatic N) is 1. The summed E-state index contributed by atoms with van der Waals surface area (Å²) in [6, 6.07) is 18.1. The number of piperidine rings is 1. The predicted octanol–water partition coefficient (Wildman–Crippen LogP) is 2.61. The van der Waals surface area contributed by atoms with Gasteiger partial charge in [-0.25, -0.2) is 10.4 Å². The van der Waals surface area contributed by atoms with Crippen molar-refractivity contribution in [2.45, 2.75) is 25.0 Å². The molecule has 2 aliphatic heterocycles. The van der Waals surface area contributed by atoms with Crippen molar-refractivity contribution >= 4 is 11.6 Å². The molecule has 5 nitrogen and oxygen atoms in total. The fourth-order valence-corrected chi connectivity index (χ4v) is 3.59. The summed E-state index contributed by atoms with van der Waals surface area (Å²) in [6.07, 6.45) is 1.77. The second-order valence-corrected chi connectivity index (χ2v) is 6.30. The van der Waals surface area contributed by atoms with Crippen molar-refractivity contribution in [2.75, 3.05) is 12.1 Å². The van der Waals surface area contributed by atoms with Crippen LogP contribution in [0, 0.1) is 5.92 Å². The second kappa shape index (κ2) is 6.26. The van der Waals surface area contributed by atoms with E-state index in [1.807, 2.05) is 42.5 Å². The molecule has 124 valence electrons. The van der Waals surface area contributed by atoms with Crippen LogP contribution in [0.25, 0.3) is 0 Å². The molecule has 3 unspecified atom stereocenters. The molecule has 0 radical (unpaired) electrons. The summed E-state index contributed by atoms with van der Waals surface area (Å²) in [5, 5.41) is 5.26. The maximum Gasteiger partial charge on any atom is 0.247 e. The smallest absolute Gasteiger partial charge is 0.247 e. The summed E-state index contributed by atoms with van der Waals surface area (Å²) in [5.74, 6) is 0.979. The molecule has 5 heteroatoms. The zero-order valence-electron chi connectivity index (χ0n) is 13.6. The van der Waals surface area contributed by atoms with Gasteiger partial charge in [0, 0.05) is 6.04 Å². The maximum absolute atomic E-state index is 12.7. The number of carbonyl (C=O) groups is 1. The number of carbonyl (C=O) groups excluding carboxylic acids is 1. The SMILES string of the molecule is COc1cccc(C2CCC3C(=O)N(c4ccccc4)NC3N2)c1. The molecule has 2 heterocycles. The Morgan fingerprint density at radius 1 is 1.08 bits per heavy atom. The molecule has 0 aliphatic carbocycles. The minimum Gasteiger partial charge on any atom is -0.497 e. The number of amides is 1. The van der Waals surface area contributed by atoms with Crippen LogP contribution in [-0.2, 0) is 4.79 Å². The molecule has 2 N–H and O–H groups in total. The summed E-state index contributed by atoms with van der Waals surface area (Å²) in [5.41, 5.74) is 5.41. The molecule has 2 fully saturated rings. The first-order chi connectivity index (χ1) is 11.8. The average molecular weight is 323 g/mol. The number of hydrogen-bond acceptors (Lipinski definition) is 4. The third kappa shape index (κ3) is 2.66. The van der Waals surface area contributed by atoms with Gasteiger partial charge in [0.25, 0.3) is 0 Å². The fourth-order valence-electron chi connectivity index (χ4n) is 3.59. The highest BCUT2D eigenvalue weighted by Gasteiger charge is 2.44. The van der Waals surface area contributed by atoms with Crippen molar-refractivity contribution in [3.05, 3.63) is 60.2 Å². The molecule has 2 aromatic carbocycles. The molecule has 0 saturated carbocycles. The Kier molecular flexibility index (Phi) is 3.96. The third-order valence-electron chi connectivity index (χ3n) is 4.87. The van der Waals surface area contributed by atoms with Crippen molar-refractivity contribution in [3.8, 4) is 5.75 Å². The summed E-state index contributed by atoms with van der Waals surface area (Å²) in [7, 11) is 1.68. The van der Waals surface area contributed by atoms with Gasteiger partial charge in [-0.3, -0.25) is 10.1 Å². The van der Waals surface area contributed by atoms with Crippen LogP contribution in [0.4, 0.5) is 5.69 Å². The Balaban J connectivity index is 1.52. The number of benzene rings is 2. The highest BCUT2D eigenvalue weighted by Crippen LogP contribution is 2.34. The van der Waals surface area contributed by atoms with E-state index in [1.165, 1.54) is 5.56 Å². The minimum absolute atomic E-state index is 0.0212. The number of para-hydroxylation sites is 1. The second-order valence-electron chi connectivity index (χ2n) is 6.30. The van der Waals surface area contributed by atoms with E-state index in [0.717, 1.165) is 24.3 Å². The van der Waals surface area contributed by atoms with Gasteiger partial charge in [0.05, 0.1) is 24.9 Å². The Morgan fingerprint density at radius 2 is 1.92 bits per heavy atom. The Labute approximate surface area is 141 Å². The monoisotopic (exact) mass is 323 g/mol. The van der Waals surface area contributed by atoms with Gasteiger partial charge in [-0.15, -0.1) is 0 Å². The molecule has 2 aromatic rings. The Hall–Kier alpha value is -2.37. The average Bonchev–Trinajstić information content (AvgIpc) is 2.98. The standard InChI is InChI=1S/C19H21N3O2/c1-24-15-9-5-6-13(12-15)17-11-10-16-18(20-17)21-22(19(16)23)14-7-3-2-4-8-14/h2-9,12,16-18,20-21H,10-11H2,1H3. The van der Waals surface area contributed by atoms with Crippen LogP contribution in [-0.4, -0.2) is 19.2 Å². The Morgan fingerprint density at radius 3 is 2.71 bits per heavy atom. The van der Waals surface area contributed by atoms with E-state index < -0.39 is 0 Å². The molecule has 1 amide bonds. The lowest BCUT2D eigenvalue weighted by molar-refractivity contribution is -0.121. The summed E-state index contributed by atoms with van der Waals surface area (Å²) in [6.45, 7) is 0. The molecule has 4 rings (SSSR count). The van der Waals surface area contributed by atoms with Crippen LogP contribution >= 0.6 is 0 Å². The lowest BCUT2D eigenvalue weighted by Crippen LogP contribution is -2.49. The van der Waals surface area contributed by atoms with E-state index in [-0.39, 0.29) is 24.0 Å². The molecule has 0 spiro atoms. The van der Waals surface area contributed by atoms with E-state index in [0.29, 0.717) is 0 Å². The van der Waals surface area contributed by atoms with E-state index in [2.05, 4.69) is 22.9 Å². The molecule has 24 heavy (non-hydrogen) atoms. The fraction of sp³-hybridized carbons (Fsp3) is 0.316. The van der Waals surface area contributed by atoms with E-state index in [1.54, 1.807) is 12.1 Å². The number of nitrogens with one attached hydrogen (secondary N) is 2. The molecular weight excluding hydrogens is 302 g/mol. The number of hydrazine groups is 1. The van der Waals surface area contributed by atoms with Gasteiger partial charge >= 0.3 is 0 Å². The number of anilines is 1. The van der Waals surface area contributed by atoms with Crippen LogP contribution in [0.1, 0.15) is 24.4 Å². The van der Waals surface area contributed by atoms with Gasteiger partial charge in [-0.05, 0) is 42.7 Å². The number of hydrogen-bond donors (Lipinski definition) is 2. The number of rotatable bonds is 3. The normalized spacial score (nSPS) is 26.3. The number of ether oxygens (including phenoxy) is 1. The highest BCUT2D eigenvalue weighted by atomic mass is 16.5. The lowest BCUT2D eigenvalue weighted by atomic mass is 9.89. The van der Waals surface area contributed by atoms with E-state index in [4.69, 9.17) is 4.74 Å². The van der Waals surface area contributed by atoms with Gasteiger partial charge in [0.2, 0.25) is 5.91 Å². The first kappa shape index (κ1) is 15.2. The predicted molar refractivity (Wildman–Crippen MR) is 92.4 cm³/mol. The topological polar surface area (TPSA) is 53.6 Å². The maximum atomic E-state index is 12.7. The van der Waals surface area contributed by atoms with Crippen LogP contribution in [0.5, 0.6) is 5.75 Å². The zero-order valence-corrected chi connectivity index (χ0v) is 13.6. The molecule has 2 saturated heterocycles. The summed E-state index contributed by atoms with van der Waals surface area (Å²) < 4.78 is 5.32. The number of methoxy groups -OCH3 is 1. The van der Waals surface area contributed by atoms with E-state index in [9.17, 15) is 4.79 Å². The molecule has 0 bridgehead atoms. The van der Waals surface area contributed by atoms with Gasteiger partial charge in [0.15, 0.2) is 0 Å². The van der Waals surface area contributed by atoms with Crippen molar-refractivity contribution in [1.82, 2.24) is 10.7 Å². The Bertz CT molecular complexity index is 734. The lowest BCUT2D eigenvalue weighted by Gasteiger charge is -2.31. The summed E-state index contributed by atoms with van der Waals surface area (Å²) in [4.78, 5) is 12.7. The zero-order chi connectivity index (χ0) is 16.5. The van der Waals surface area contributed by atoms with Crippen molar-refractivity contribution < 1.29 is 9.53 Å². The molecule has 3 atom stereocenters. The minimum atomic E-state index is -0.0392. The molecule has 0 aromatic heterocycles. The van der Waals surface area contributed by atoms with Crippen LogP contribution in [0.15, 0.2) is 54.6 Å². The van der Waals surface area contributed by atoms with Gasteiger partial charge in [-0.2, -0.15) is 0 Å². The van der Waals surface area contributed by atoms with Crippen LogP contribution in [0.3, 0.4) is 0 Å². The highest BCUT2D eigenvalue weighted by molar-refractivity contribution is 5.96. The first-order valence-electron chi connectivity index (χ1n) is 8.31. The van der Waals surface area contributed by atoms with Crippen LogP contribution in [0.2, 0.25) is 0 Å².